The van der Waals surface area contributed by atoms with Gasteiger partial charge in [-0.05, 0) is 56.3 Å². The molecule has 0 bridgehead atoms. The summed E-state index contributed by atoms with van der Waals surface area (Å²) in [6.07, 6.45) is -2.04. The van der Waals surface area contributed by atoms with Crippen LogP contribution >= 0.6 is 0 Å². The number of alkyl halides is 3. The Kier molecular flexibility index (Phi) is 14.9. The van der Waals surface area contributed by atoms with Crippen LogP contribution < -0.4 is 10.6 Å². The number of rotatable bonds is 19. The molecular formula is C29H39F3N2O7. The van der Waals surface area contributed by atoms with Crippen LogP contribution in [0.5, 0.6) is 0 Å². The molecule has 0 radical (unpaired) electrons. The van der Waals surface area contributed by atoms with E-state index in [1.165, 1.54) is 18.2 Å². The summed E-state index contributed by atoms with van der Waals surface area (Å²) in [6, 6.07) is 11.2. The second kappa shape index (κ2) is 18.6. The fourth-order valence-corrected chi connectivity index (χ4v) is 3.97. The zero-order chi connectivity index (χ0) is 29.2. The van der Waals surface area contributed by atoms with Crippen LogP contribution in [0, 0.1) is 0 Å². The van der Waals surface area contributed by atoms with Crippen molar-refractivity contribution in [3.05, 3.63) is 59.7 Å². The van der Waals surface area contributed by atoms with Crippen molar-refractivity contribution < 1.29 is 46.4 Å². The van der Waals surface area contributed by atoms with Gasteiger partial charge in [0.25, 0.3) is 0 Å². The van der Waals surface area contributed by atoms with Crippen LogP contribution in [-0.4, -0.2) is 91.2 Å². The molecule has 2 aromatic rings. The minimum absolute atomic E-state index is 0.0166. The number of benzene rings is 2. The van der Waals surface area contributed by atoms with Gasteiger partial charge < -0.3 is 39.1 Å². The highest BCUT2D eigenvalue weighted by Crippen LogP contribution is 2.32. The monoisotopic (exact) mass is 584 g/mol. The molecule has 3 rings (SSSR count). The summed E-state index contributed by atoms with van der Waals surface area (Å²) in [5.74, 6) is -0.615. The summed E-state index contributed by atoms with van der Waals surface area (Å²) in [5, 5.41) is 6.16. The summed E-state index contributed by atoms with van der Waals surface area (Å²) in [4.78, 5) is 12.5. The van der Waals surface area contributed by atoms with Gasteiger partial charge in [-0.1, -0.05) is 18.2 Å². The van der Waals surface area contributed by atoms with E-state index in [9.17, 15) is 18.0 Å². The van der Waals surface area contributed by atoms with Gasteiger partial charge in [-0.2, -0.15) is 13.2 Å². The third kappa shape index (κ3) is 13.2. The molecule has 0 amide bonds. The molecule has 0 saturated carbocycles. The Labute approximate surface area is 238 Å². The van der Waals surface area contributed by atoms with Crippen LogP contribution in [0.3, 0.4) is 0 Å². The number of esters is 1. The average Bonchev–Trinajstić information content (AvgIpc) is 2.97. The maximum absolute atomic E-state index is 13.0. The molecule has 9 nitrogen and oxygen atoms in total. The van der Waals surface area contributed by atoms with Gasteiger partial charge in [-0.25, -0.2) is 4.79 Å². The maximum Gasteiger partial charge on any atom is 0.416 e. The lowest BCUT2D eigenvalue weighted by Crippen LogP contribution is -2.33. The van der Waals surface area contributed by atoms with E-state index in [0.717, 1.165) is 38.1 Å². The molecule has 0 atom stereocenters. The number of nitrogens with one attached hydrogen (secondary N) is 2. The summed E-state index contributed by atoms with van der Waals surface area (Å²) in [6.45, 7) is 5.91. The van der Waals surface area contributed by atoms with E-state index in [2.05, 4.69) is 10.6 Å². The Balaban J connectivity index is 1.17. The second-order valence-corrected chi connectivity index (χ2v) is 9.15. The molecule has 0 unspecified atom stereocenters. The first-order valence-corrected chi connectivity index (χ1v) is 13.8. The van der Waals surface area contributed by atoms with E-state index in [1.54, 1.807) is 18.2 Å². The molecule has 41 heavy (non-hydrogen) atoms. The molecule has 0 spiro atoms. The average molecular weight is 585 g/mol. The number of hydrogen-bond acceptors (Lipinski definition) is 9. The molecule has 228 valence electrons. The smallest absolute Gasteiger partial charge is 0.416 e. The first-order valence-electron chi connectivity index (χ1n) is 13.8. The van der Waals surface area contributed by atoms with Gasteiger partial charge in [0.15, 0.2) is 0 Å². The van der Waals surface area contributed by atoms with Gasteiger partial charge in [0.2, 0.25) is 0 Å². The van der Waals surface area contributed by atoms with Crippen molar-refractivity contribution in [3.8, 4) is 0 Å². The highest BCUT2D eigenvalue weighted by Gasteiger charge is 2.30. The molecule has 1 aliphatic rings. The van der Waals surface area contributed by atoms with Crippen molar-refractivity contribution in [2.45, 2.75) is 25.1 Å². The zero-order valence-electron chi connectivity index (χ0n) is 23.1. The fourth-order valence-electron chi connectivity index (χ4n) is 3.97. The number of piperidine rings is 1. The Bertz CT molecular complexity index is 1020. The van der Waals surface area contributed by atoms with E-state index < -0.39 is 17.7 Å². The van der Waals surface area contributed by atoms with Crippen LogP contribution in [0.15, 0.2) is 48.5 Å². The lowest BCUT2D eigenvalue weighted by molar-refractivity contribution is -0.137. The Morgan fingerprint density at radius 1 is 0.780 bits per heavy atom. The third-order valence-corrected chi connectivity index (χ3v) is 6.06. The van der Waals surface area contributed by atoms with E-state index in [-0.39, 0.29) is 24.5 Å². The van der Waals surface area contributed by atoms with Gasteiger partial charge in [-0.15, -0.1) is 0 Å². The predicted octanol–water partition coefficient (Wildman–Crippen LogP) is 4.44. The van der Waals surface area contributed by atoms with E-state index >= 15 is 0 Å². The SMILES string of the molecule is O=C(OCCOCCOCCOCCOCCOC1CCNCC1)c1ccccc1Nc1cccc(C(F)(F)F)c1. The normalized spacial score (nSPS) is 14.2. The molecule has 2 aromatic carbocycles. The lowest BCUT2D eigenvalue weighted by Gasteiger charge is -2.22. The highest BCUT2D eigenvalue weighted by atomic mass is 19.4. The minimum Gasteiger partial charge on any atom is -0.460 e. The molecule has 1 saturated heterocycles. The summed E-state index contributed by atoms with van der Waals surface area (Å²) >= 11 is 0. The summed E-state index contributed by atoms with van der Waals surface area (Å²) in [5.41, 5.74) is -0.0491. The van der Waals surface area contributed by atoms with Crippen molar-refractivity contribution >= 4 is 17.3 Å². The quantitative estimate of drug-likeness (QED) is 0.184. The molecule has 1 heterocycles. The Morgan fingerprint density at radius 2 is 1.37 bits per heavy atom. The molecule has 0 aliphatic carbocycles. The number of carbonyl (C=O) groups excluding carboxylic acids is 1. The van der Waals surface area contributed by atoms with Gasteiger partial charge in [0.1, 0.15) is 6.61 Å². The first kappa shape index (κ1) is 32.8. The van der Waals surface area contributed by atoms with Crippen molar-refractivity contribution in [1.29, 1.82) is 0 Å². The Hall–Kier alpha value is -2.74. The minimum atomic E-state index is -4.47. The number of para-hydroxylation sites is 1. The van der Waals surface area contributed by atoms with Crippen molar-refractivity contribution in [2.24, 2.45) is 0 Å². The maximum atomic E-state index is 13.0. The van der Waals surface area contributed by atoms with Crippen molar-refractivity contribution in [2.75, 3.05) is 84.5 Å². The van der Waals surface area contributed by atoms with Gasteiger partial charge in [-0.3, -0.25) is 0 Å². The van der Waals surface area contributed by atoms with Crippen LogP contribution in [0.25, 0.3) is 0 Å². The lowest BCUT2D eigenvalue weighted by atomic mass is 10.1. The second-order valence-electron chi connectivity index (χ2n) is 9.15. The van der Waals surface area contributed by atoms with Crippen LogP contribution in [0.4, 0.5) is 24.5 Å². The predicted molar refractivity (Wildman–Crippen MR) is 147 cm³/mol. The van der Waals surface area contributed by atoms with E-state index in [1.807, 2.05) is 0 Å². The Morgan fingerprint density at radius 3 is 2.00 bits per heavy atom. The third-order valence-electron chi connectivity index (χ3n) is 6.06. The first-order chi connectivity index (χ1) is 19.9. The molecular weight excluding hydrogens is 545 g/mol. The van der Waals surface area contributed by atoms with Crippen LogP contribution in [0.2, 0.25) is 0 Å². The van der Waals surface area contributed by atoms with Crippen molar-refractivity contribution in [3.63, 3.8) is 0 Å². The molecule has 0 aromatic heterocycles. The van der Waals surface area contributed by atoms with Crippen molar-refractivity contribution in [1.82, 2.24) is 5.32 Å². The largest absolute Gasteiger partial charge is 0.460 e. The molecule has 2 N–H and O–H groups in total. The molecule has 12 heteroatoms. The highest BCUT2D eigenvalue weighted by molar-refractivity contribution is 5.96. The number of anilines is 2. The zero-order valence-corrected chi connectivity index (χ0v) is 23.1. The number of hydrogen-bond donors (Lipinski definition) is 2. The molecule has 1 fully saturated rings. The van der Waals surface area contributed by atoms with E-state index in [0.29, 0.717) is 64.6 Å². The van der Waals surface area contributed by atoms with Crippen LogP contribution in [0.1, 0.15) is 28.8 Å². The van der Waals surface area contributed by atoms with Gasteiger partial charge >= 0.3 is 12.1 Å². The summed E-state index contributed by atoms with van der Waals surface area (Å²) < 4.78 is 71.8. The molecule has 1 aliphatic heterocycles. The fraction of sp³-hybridized carbons (Fsp3) is 0.552. The van der Waals surface area contributed by atoms with Gasteiger partial charge in [0.05, 0.1) is 82.4 Å². The topological polar surface area (TPSA) is 96.5 Å². The standard InChI is InChI=1S/C29H39F3N2O7/c30-29(31,32)23-4-3-5-24(22-23)34-27-7-2-1-6-26(27)28(35)41-21-19-39-17-15-37-13-12-36-14-16-38-18-20-40-25-8-10-33-11-9-25/h1-7,22,25,33-34H,8-21H2. The number of halogens is 3. The van der Waals surface area contributed by atoms with E-state index in [4.69, 9.17) is 28.4 Å². The summed E-state index contributed by atoms with van der Waals surface area (Å²) in [7, 11) is 0. The van der Waals surface area contributed by atoms with Crippen LogP contribution in [-0.2, 0) is 34.6 Å². The number of ether oxygens (including phenoxy) is 6. The number of carbonyl (C=O) groups is 1. The van der Waals surface area contributed by atoms with Gasteiger partial charge in [0, 0.05) is 5.69 Å².